The van der Waals surface area contributed by atoms with Gasteiger partial charge in [0.2, 0.25) is 0 Å². The van der Waals surface area contributed by atoms with Crippen molar-refractivity contribution in [2.75, 3.05) is 13.6 Å². The van der Waals surface area contributed by atoms with E-state index < -0.39 is 0 Å². The highest BCUT2D eigenvalue weighted by Gasteiger charge is 2.41. The van der Waals surface area contributed by atoms with Crippen molar-refractivity contribution in [2.45, 2.75) is 56.8 Å². The Morgan fingerprint density at radius 3 is 2.75 bits per heavy atom. The molecule has 0 spiro atoms. The van der Waals surface area contributed by atoms with Crippen LogP contribution in [0.5, 0.6) is 0 Å². The van der Waals surface area contributed by atoms with Crippen molar-refractivity contribution in [1.82, 2.24) is 10.6 Å². The average Bonchev–Trinajstić information content (AvgIpc) is 3.14. The summed E-state index contributed by atoms with van der Waals surface area (Å²) in [6.07, 6.45) is 4.10. The first-order valence-corrected chi connectivity index (χ1v) is 8.36. The Kier molecular flexibility index (Phi) is 6.47. The molecule has 2 heterocycles. The Bertz CT molecular complexity index is 593. The minimum atomic E-state index is -0.197. The van der Waals surface area contributed by atoms with E-state index in [1.54, 1.807) is 19.2 Å². The molecule has 24 heavy (non-hydrogen) atoms. The first-order chi connectivity index (χ1) is 11.0. The number of benzene rings is 1. The van der Waals surface area contributed by atoms with E-state index >= 15 is 0 Å². The second kappa shape index (κ2) is 7.99. The van der Waals surface area contributed by atoms with E-state index in [4.69, 9.17) is 4.74 Å². The highest BCUT2D eigenvalue weighted by molar-refractivity contribution is 14.0. The number of rotatable bonds is 4. The second-order valence-corrected chi connectivity index (χ2v) is 7.18. The Labute approximate surface area is 160 Å². The van der Waals surface area contributed by atoms with Crippen LogP contribution in [0.2, 0.25) is 0 Å². The number of fused-ring (bicyclic) bond motifs is 2. The van der Waals surface area contributed by atoms with Crippen LogP contribution in [0.3, 0.4) is 0 Å². The summed E-state index contributed by atoms with van der Waals surface area (Å²) < 4.78 is 19.3. The van der Waals surface area contributed by atoms with Gasteiger partial charge in [0.05, 0.1) is 18.2 Å². The molecule has 2 N–H and O–H groups in total. The van der Waals surface area contributed by atoms with Gasteiger partial charge in [-0.1, -0.05) is 26.0 Å². The summed E-state index contributed by atoms with van der Waals surface area (Å²) in [5.74, 6) is 0.591. The van der Waals surface area contributed by atoms with Crippen LogP contribution >= 0.6 is 24.0 Å². The first kappa shape index (κ1) is 19.4. The van der Waals surface area contributed by atoms with E-state index in [9.17, 15) is 4.39 Å². The van der Waals surface area contributed by atoms with E-state index in [1.807, 2.05) is 6.07 Å². The monoisotopic (exact) mass is 447 g/mol. The fourth-order valence-corrected chi connectivity index (χ4v) is 3.48. The number of guanidine groups is 1. The third kappa shape index (κ3) is 4.39. The maximum Gasteiger partial charge on any atom is 0.191 e. The van der Waals surface area contributed by atoms with Crippen LogP contribution in [0.1, 0.15) is 38.7 Å². The molecule has 2 aliphatic rings. The summed E-state index contributed by atoms with van der Waals surface area (Å²) in [6.45, 7) is 4.88. The number of hydrogen-bond acceptors (Lipinski definition) is 2. The maximum atomic E-state index is 13.4. The molecule has 2 aliphatic heterocycles. The Balaban J connectivity index is 0.00000208. The maximum absolute atomic E-state index is 13.4. The number of hydrogen-bond donors (Lipinski definition) is 2. The largest absolute Gasteiger partial charge is 0.373 e. The molecule has 134 valence electrons. The van der Waals surface area contributed by atoms with Gasteiger partial charge in [-0.05, 0) is 37.0 Å². The zero-order valence-electron chi connectivity index (χ0n) is 14.5. The molecule has 3 rings (SSSR count). The molecule has 0 aliphatic carbocycles. The lowest BCUT2D eigenvalue weighted by atomic mass is 9.84. The predicted octanol–water partition coefficient (Wildman–Crippen LogP) is 3.21. The van der Waals surface area contributed by atoms with Gasteiger partial charge in [0.15, 0.2) is 5.96 Å². The lowest BCUT2D eigenvalue weighted by Crippen LogP contribution is -2.49. The van der Waals surface area contributed by atoms with Gasteiger partial charge in [0.25, 0.3) is 0 Å². The van der Waals surface area contributed by atoms with Crippen molar-refractivity contribution in [3.8, 4) is 0 Å². The molecule has 2 bridgehead atoms. The molecule has 0 saturated carbocycles. The molecule has 2 saturated heterocycles. The van der Waals surface area contributed by atoms with Gasteiger partial charge in [-0.2, -0.15) is 0 Å². The van der Waals surface area contributed by atoms with Gasteiger partial charge in [-0.3, -0.25) is 4.99 Å². The van der Waals surface area contributed by atoms with Crippen molar-refractivity contribution in [1.29, 1.82) is 0 Å². The third-order valence-corrected chi connectivity index (χ3v) is 4.96. The molecule has 1 aromatic carbocycles. The molecule has 1 aromatic rings. The van der Waals surface area contributed by atoms with Crippen LogP contribution in [0.4, 0.5) is 4.39 Å². The van der Waals surface area contributed by atoms with Crippen LogP contribution in [0, 0.1) is 5.82 Å². The summed E-state index contributed by atoms with van der Waals surface area (Å²) in [4.78, 5) is 4.31. The lowest BCUT2D eigenvalue weighted by molar-refractivity contribution is 0.0992. The van der Waals surface area contributed by atoms with E-state index in [-0.39, 0.29) is 35.2 Å². The molecular formula is C18H27FIN3O. The number of aliphatic imine (C=N–C) groups is 1. The first-order valence-electron chi connectivity index (χ1n) is 8.36. The molecule has 0 amide bonds. The Hall–Kier alpha value is -0.890. The van der Waals surface area contributed by atoms with Gasteiger partial charge in [0.1, 0.15) is 5.82 Å². The highest BCUT2D eigenvalue weighted by atomic mass is 127. The number of halogens is 2. The normalized spacial score (nSPS) is 26.2. The second-order valence-electron chi connectivity index (χ2n) is 7.18. The fourth-order valence-electron chi connectivity index (χ4n) is 3.48. The Morgan fingerprint density at radius 2 is 2.17 bits per heavy atom. The average molecular weight is 447 g/mol. The molecule has 2 fully saturated rings. The van der Waals surface area contributed by atoms with E-state index in [2.05, 4.69) is 29.5 Å². The smallest absolute Gasteiger partial charge is 0.191 e. The van der Waals surface area contributed by atoms with Gasteiger partial charge < -0.3 is 15.4 Å². The SMILES string of the molecule is CN=C(NCC(C)(C)c1cccc(F)c1)NC1CC2CCC1O2.I. The molecule has 6 heteroatoms. The van der Waals surface area contributed by atoms with Crippen LogP contribution in [-0.4, -0.2) is 37.8 Å². The quantitative estimate of drug-likeness (QED) is 0.424. The zero-order valence-corrected chi connectivity index (χ0v) is 16.8. The van der Waals surface area contributed by atoms with Gasteiger partial charge >= 0.3 is 0 Å². The van der Waals surface area contributed by atoms with Crippen LogP contribution in [0.15, 0.2) is 29.3 Å². The zero-order chi connectivity index (χ0) is 16.4. The van der Waals surface area contributed by atoms with E-state index in [1.165, 1.54) is 12.5 Å². The summed E-state index contributed by atoms with van der Waals surface area (Å²) in [5.41, 5.74) is 0.786. The van der Waals surface area contributed by atoms with Crippen molar-refractivity contribution in [2.24, 2.45) is 4.99 Å². The lowest BCUT2D eigenvalue weighted by Gasteiger charge is -2.28. The predicted molar refractivity (Wildman–Crippen MR) is 106 cm³/mol. The van der Waals surface area contributed by atoms with Gasteiger partial charge in [0, 0.05) is 19.0 Å². The fraction of sp³-hybridized carbons (Fsp3) is 0.611. The molecule has 3 unspecified atom stereocenters. The van der Waals surface area contributed by atoms with Crippen molar-refractivity contribution < 1.29 is 9.13 Å². The van der Waals surface area contributed by atoms with Crippen LogP contribution < -0.4 is 10.6 Å². The topological polar surface area (TPSA) is 45.7 Å². The van der Waals surface area contributed by atoms with Gasteiger partial charge in [-0.25, -0.2) is 4.39 Å². The minimum absolute atomic E-state index is 0. The van der Waals surface area contributed by atoms with Crippen molar-refractivity contribution in [3.05, 3.63) is 35.6 Å². The molecule has 3 atom stereocenters. The van der Waals surface area contributed by atoms with E-state index in [0.29, 0.717) is 24.8 Å². The summed E-state index contributed by atoms with van der Waals surface area (Å²) >= 11 is 0. The molecular weight excluding hydrogens is 420 g/mol. The number of nitrogens with one attached hydrogen (secondary N) is 2. The molecule has 0 radical (unpaired) electrons. The molecule has 4 nitrogen and oxygen atoms in total. The van der Waals surface area contributed by atoms with Crippen LogP contribution in [0.25, 0.3) is 0 Å². The van der Waals surface area contributed by atoms with Gasteiger partial charge in [-0.15, -0.1) is 24.0 Å². The summed E-state index contributed by atoms with van der Waals surface area (Å²) in [6, 6.07) is 7.14. The standard InChI is InChI=1S/C18H26FN3O.HI/c1-18(2,12-5-4-6-13(19)9-12)11-21-17(20-3)22-15-10-14-7-8-16(15)23-14;/h4-6,9,14-16H,7-8,10-11H2,1-3H3,(H2,20,21,22);1H. The Morgan fingerprint density at radius 1 is 1.38 bits per heavy atom. The van der Waals surface area contributed by atoms with Crippen LogP contribution in [-0.2, 0) is 10.2 Å². The van der Waals surface area contributed by atoms with Crippen molar-refractivity contribution in [3.63, 3.8) is 0 Å². The number of nitrogens with zero attached hydrogens (tertiary/aromatic N) is 1. The minimum Gasteiger partial charge on any atom is -0.373 e. The number of ether oxygens (including phenoxy) is 1. The molecule has 0 aromatic heterocycles. The summed E-state index contributed by atoms with van der Waals surface area (Å²) in [5, 5.41) is 6.85. The highest BCUT2D eigenvalue weighted by Crippen LogP contribution is 2.34. The summed E-state index contributed by atoms with van der Waals surface area (Å²) in [7, 11) is 1.78. The van der Waals surface area contributed by atoms with E-state index in [0.717, 1.165) is 24.4 Å². The van der Waals surface area contributed by atoms with Crippen molar-refractivity contribution >= 4 is 29.9 Å². The third-order valence-electron chi connectivity index (χ3n) is 4.96.